The molecule has 0 bridgehead atoms. The van der Waals surface area contributed by atoms with Gasteiger partial charge in [-0.05, 0) is 60.4 Å². The van der Waals surface area contributed by atoms with Gasteiger partial charge in [-0.25, -0.2) is 4.79 Å². The molecule has 5 nitrogen and oxygen atoms in total. The molecule has 1 unspecified atom stereocenters. The zero-order chi connectivity index (χ0) is 19.9. The molecule has 28 heavy (non-hydrogen) atoms. The molecule has 5 heteroatoms. The Morgan fingerprint density at radius 2 is 1.86 bits per heavy atom. The molecule has 1 heterocycles. The average molecular weight is 376 g/mol. The lowest BCUT2D eigenvalue weighted by atomic mass is 9.90. The normalized spacial score (nSPS) is 16.9. The fourth-order valence-corrected chi connectivity index (χ4v) is 3.22. The minimum Gasteiger partial charge on any atom is -0.508 e. The Labute approximate surface area is 165 Å². The number of nitrogens with zero attached hydrogens (tertiary/aromatic N) is 2. The number of carbonyl (C=O) groups is 1. The third-order valence-electron chi connectivity index (χ3n) is 4.61. The molecule has 0 radical (unpaired) electrons. The Morgan fingerprint density at radius 1 is 1.14 bits per heavy atom. The Kier molecular flexibility index (Phi) is 6.37. The van der Waals surface area contributed by atoms with Crippen LogP contribution >= 0.6 is 0 Å². The standard InChI is InChI=1S/C23H24N2O3/c1-3-28-23(27)22(24-2)15-19-13-18(16-7-5-4-6-8-16)14-21(25-19)17-9-11-20(26)12-10-17/h4-12,14,19,26H,3,13,15H2,1-2H3. The number of dihydropyridines is 1. The van der Waals surface area contributed by atoms with Crippen molar-refractivity contribution >= 4 is 23.0 Å². The number of carbonyl (C=O) groups excluding carboxylic acids is 1. The van der Waals surface area contributed by atoms with E-state index < -0.39 is 0 Å². The number of aromatic hydroxyl groups is 1. The van der Waals surface area contributed by atoms with Crippen LogP contribution in [-0.4, -0.2) is 42.2 Å². The molecule has 1 N–H and O–H groups in total. The number of rotatable bonds is 6. The molecule has 1 aliphatic rings. The van der Waals surface area contributed by atoms with Gasteiger partial charge in [-0.2, -0.15) is 0 Å². The summed E-state index contributed by atoms with van der Waals surface area (Å²) in [6, 6.07) is 17.0. The van der Waals surface area contributed by atoms with Crippen LogP contribution < -0.4 is 0 Å². The summed E-state index contributed by atoms with van der Waals surface area (Å²) in [7, 11) is 1.60. The van der Waals surface area contributed by atoms with Crippen molar-refractivity contribution in [1.29, 1.82) is 0 Å². The zero-order valence-electron chi connectivity index (χ0n) is 16.1. The van der Waals surface area contributed by atoms with Gasteiger partial charge in [-0.15, -0.1) is 0 Å². The summed E-state index contributed by atoms with van der Waals surface area (Å²) in [5.74, 6) is -0.172. The van der Waals surface area contributed by atoms with Crippen LogP contribution in [0.3, 0.4) is 0 Å². The van der Waals surface area contributed by atoms with Gasteiger partial charge < -0.3 is 9.84 Å². The first-order valence-corrected chi connectivity index (χ1v) is 9.36. The van der Waals surface area contributed by atoms with Gasteiger partial charge in [0.1, 0.15) is 11.5 Å². The SMILES string of the molecule is CCOC(=O)C(CC1CC(c2ccccc2)=CC(c2ccc(O)cc2)=N1)=NC. The molecule has 2 aromatic carbocycles. The number of esters is 1. The van der Waals surface area contributed by atoms with Crippen molar-refractivity contribution in [3.63, 3.8) is 0 Å². The number of benzene rings is 2. The first-order valence-electron chi connectivity index (χ1n) is 9.36. The maximum atomic E-state index is 12.1. The molecular weight excluding hydrogens is 352 g/mol. The van der Waals surface area contributed by atoms with Crippen LogP contribution in [0.15, 0.2) is 70.7 Å². The largest absolute Gasteiger partial charge is 0.508 e. The summed E-state index contributed by atoms with van der Waals surface area (Å²) in [6.07, 6.45) is 3.20. The fraction of sp³-hybridized carbons (Fsp3) is 0.261. The number of phenolic OH excluding ortho intramolecular Hbond substituents is 1. The quantitative estimate of drug-likeness (QED) is 0.610. The van der Waals surface area contributed by atoms with Gasteiger partial charge in [0.15, 0.2) is 0 Å². The highest BCUT2D eigenvalue weighted by molar-refractivity contribution is 6.36. The van der Waals surface area contributed by atoms with Crippen molar-refractivity contribution < 1.29 is 14.6 Å². The number of allylic oxidation sites excluding steroid dienone is 1. The van der Waals surface area contributed by atoms with Crippen molar-refractivity contribution in [2.75, 3.05) is 13.7 Å². The summed E-state index contributed by atoms with van der Waals surface area (Å²) in [4.78, 5) is 21.1. The number of aliphatic imine (C=N–C) groups is 2. The highest BCUT2D eigenvalue weighted by Gasteiger charge is 2.23. The molecule has 0 saturated carbocycles. The second-order valence-electron chi connectivity index (χ2n) is 6.55. The van der Waals surface area contributed by atoms with E-state index >= 15 is 0 Å². The maximum absolute atomic E-state index is 12.1. The summed E-state index contributed by atoms with van der Waals surface area (Å²) < 4.78 is 5.11. The van der Waals surface area contributed by atoms with E-state index in [9.17, 15) is 9.90 Å². The number of phenols is 1. The summed E-state index contributed by atoms with van der Waals surface area (Å²) in [6.45, 7) is 2.10. The molecule has 0 amide bonds. The van der Waals surface area contributed by atoms with Crippen LogP contribution in [0.1, 0.15) is 30.9 Å². The minimum atomic E-state index is -0.387. The summed E-state index contributed by atoms with van der Waals surface area (Å²) in [5, 5.41) is 9.58. The Bertz CT molecular complexity index is 913. The minimum absolute atomic E-state index is 0.118. The van der Waals surface area contributed by atoms with Gasteiger partial charge in [-0.1, -0.05) is 30.3 Å². The van der Waals surface area contributed by atoms with E-state index in [1.165, 1.54) is 0 Å². The van der Waals surface area contributed by atoms with Crippen LogP contribution in [-0.2, 0) is 9.53 Å². The molecule has 0 aliphatic carbocycles. The molecule has 0 fully saturated rings. The van der Waals surface area contributed by atoms with Gasteiger partial charge in [0.05, 0.1) is 18.4 Å². The van der Waals surface area contributed by atoms with Crippen molar-refractivity contribution in [2.24, 2.45) is 9.98 Å². The van der Waals surface area contributed by atoms with E-state index in [4.69, 9.17) is 9.73 Å². The van der Waals surface area contributed by atoms with Crippen molar-refractivity contribution in [1.82, 2.24) is 0 Å². The summed E-state index contributed by atoms with van der Waals surface area (Å²) >= 11 is 0. The molecule has 3 rings (SSSR count). The third-order valence-corrected chi connectivity index (χ3v) is 4.61. The van der Waals surface area contributed by atoms with E-state index in [1.54, 1.807) is 26.1 Å². The van der Waals surface area contributed by atoms with Gasteiger partial charge >= 0.3 is 5.97 Å². The van der Waals surface area contributed by atoms with Crippen LogP contribution in [0.25, 0.3) is 5.57 Å². The van der Waals surface area contributed by atoms with Gasteiger partial charge in [-0.3, -0.25) is 9.98 Å². The zero-order valence-corrected chi connectivity index (χ0v) is 16.1. The molecule has 0 spiro atoms. The molecule has 1 aliphatic heterocycles. The topological polar surface area (TPSA) is 71.2 Å². The summed E-state index contributed by atoms with van der Waals surface area (Å²) in [5.41, 5.74) is 4.43. The highest BCUT2D eigenvalue weighted by Crippen LogP contribution is 2.28. The smallest absolute Gasteiger partial charge is 0.352 e. The number of ether oxygens (including phenoxy) is 1. The van der Waals surface area contributed by atoms with Gasteiger partial charge in [0.2, 0.25) is 0 Å². The van der Waals surface area contributed by atoms with E-state index in [1.807, 2.05) is 30.3 Å². The Balaban J connectivity index is 1.93. The molecule has 0 aromatic heterocycles. The van der Waals surface area contributed by atoms with Gasteiger partial charge in [0.25, 0.3) is 0 Å². The van der Waals surface area contributed by atoms with Crippen LogP contribution in [0.5, 0.6) is 5.75 Å². The lowest BCUT2D eigenvalue weighted by Gasteiger charge is -2.22. The van der Waals surface area contributed by atoms with Crippen LogP contribution in [0, 0.1) is 0 Å². The molecule has 0 saturated heterocycles. The number of hydrogen-bond donors (Lipinski definition) is 1. The maximum Gasteiger partial charge on any atom is 0.352 e. The molecular formula is C23H24N2O3. The predicted molar refractivity (Wildman–Crippen MR) is 112 cm³/mol. The molecule has 1 atom stereocenters. The average Bonchev–Trinajstić information content (AvgIpc) is 2.73. The second-order valence-corrected chi connectivity index (χ2v) is 6.55. The van der Waals surface area contributed by atoms with Crippen LogP contribution in [0.2, 0.25) is 0 Å². The van der Waals surface area contributed by atoms with Crippen LogP contribution in [0.4, 0.5) is 0 Å². The van der Waals surface area contributed by atoms with Crippen molar-refractivity contribution in [3.8, 4) is 5.75 Å². The Morgan fingerprint density at radius 3 is 2.50 bits per heavy atom. The van der Waals surface area contributed by atoms with E-state index in [0.717, 1.165) is 22.4 Å². The van der Waals surface area contributed by atoms with E-state index in [-0.39, 0.29) is 17.8 Å². The monoisotopic (exact) mass is 376 g/mol. The lowest BCUT2D eigenvalue weighted by Crippen LogP contribution is -2.25. The first kappa shape index (κ1) is 19.5. The van der Waals surface area contributed by atoms with Crippen molar-refractivity contribution in [3.05, 3.63) is 71.8 Å². The second kappa shape index (κ2) is 9.13. The third kappa shape index (κ3) is 4.74. The molecule has 2 aromatic rings. The Hall–Kier alpha value is -3.21. The van der Waals surface area contributed by atoms with Crippen molar-refractivity contribution in [2.45, 2.75) is 25.8 Å². The lowest BCUT2D eigenvalue weighted by molar-refractivity contribution is -0.135. The fourth-order valence-electron chi connectivity index (χ4n) is 3.22. The molecule has 144 valence electrons. The highest BCUT2D eigenvalue weighted by atomic mass is 16.5. The first-order chi connectivity index (χ1) is 13.6. The predicted octanol–water partition coefficient (Wildman–Crippen LogP) is 4.06. The number of hydrogen-bond acceptors (Lipinski definition) is 5. The van der Waals surface area contributed by atoms with E-state index in [2.05, 4.69) is 23.2 Å². The van der Waals surface area contributed by atoms with Gasteiger partial charge in [0, 0.05) is 13.5 Å². The van der Waals surface area contributed by atoms with E-state index in [0.29, 0.717) is 25.2 Å².